The summed E-state index contributed by atoms with van der Waals surface area (Å²) in [6.45, 7) is -1.32. The van der Waals surface area contributed by atoms with Crippen molar-refractivity contribution in [2.24, 2.45) is 0 Å². The lowest BCUT2D eigenvalue weighted by Crippen LogP contribution is -2.38. The smallest absolute Gasteiger partial charge is 0.332 e. The molecule has 1 aromatic heterocycles. The molecule has 2 aromatic rings. The molecule has 1 saturated heterocycles. The summed E-state index contributed by atoms with van der Waals surface area (Å²) in [6.07, 6.45) is -3.06. The zero-order valence-electron chi connectivity index (χ0n) is 11.4. The third-order valence-corrected chi connectivity index (χ3v) is 3.67. The lowest BCUT2D eigenvalue weighted by molar-refractivity contribution is -0.158. The summed E-state index contributed by atoms with van der Waals surface area (Å²) in [5.74, 6) is -0.698. The van der Waals surface area contributed by atoms with Gasteiger partial charge in [0.2, 0.25) is 5.91 Å². The Morgan fingerprint density at radius 3 is 2.68 bits per heavy atom. The summed E-state index contributed by atoms with van der Waals surface area (Å²) < 4.78 is 38.4. The van der Waals surface area contributed by atoms with Crippen LogP contribution < -0.4 is 5.56 Å². The van der Waals surface area contributed by atoms with Crippen LogP contribution in [-0.2, 0) is 4.79 Å². The van der Waals surface area contributed by atoms with E-state index in [1.165, 1.54) is 6.33 Å². The Morgan fingerprint density at radius 1 is 1.23 bits per heavy atom. The van der Waals surface area contributed by atoms with Crippen LogP contribution in [0.3, 0.4) is 0 Å². The van der Waals surface area contributed by atoms with Gasteiger partial charge in [0.15, 0.2) is 0 Å². The van der Waals surface area contributed by atoms with E-state index >= 15 is 0 Å². The standard InChI is InChI=1S/C14H12F3N3O2/c15-14(16,17)7-19-6-5-11(13(19)22)20-8-18-10-4-2-1-3-9(10)12(20)21/h1-4,8,11H,5-7H2/t11-/m0/s1. The number of benzene rings is 1. The van der Waals surface area contributed by atoms with Crippen LogP contribution in [0.15, 0.2) is 35.4 Å². The Morgan fingerprint density at radius 2 is 1.95 bits per heavy atom. The first-order chi connectivity index (χ1) is 10.4. The van der Waals surface area contributed by atoms with Gasteiger partial charge in [-0.3, -0.25) is 14.2 Å². The second-order valence-electron chi connectivity index (χ2n) is 5.15. The van der Waals surface area contributed by atoms with Crippen molar-refractivity contribution in [1.82, 2.24) is 14.5 Å². The van der Waals surface area contributed by atoms with E-state index in [4.69, 9.17) is 0 Å². The highest BCUT2D eigenvalue weighted by molar-refractivity contribution is 5.83. The van der Waals surface area contributed by atoms with Crippen molar-refractivity contribution in [2.75, 3.05) is 13.1 Å². The first-order valence-corrected chi connectivity index (χ1v) is 6.68. The zero-order valence-corrected chi connectivity index (χ0v) is 11.4. The van der Waals surface area contributed by atoms with E-state index in [0.717, 1.165) is 9.47 Å². The normalized spacial score (nSPS) is 19.1. The predicted molar refractivity (Wildman–Crippen MR) is 72.3 cm³/mol. The fourth-order valence-electron chi connectivity index (χ4n) is 2.66. The Hall–Kier alpha value is -2.38. The maximum Gasteiger partial charge on any atom is 0.406 e. The Kier molecular flexibility index (Phi) is 3.38. The molecule has 1 aliphatic rings. The van der Waals surface area contributed by atoms with E-state index in [2.05, 4.69) is 4.98 Å². The van der Waals surface area contributed by atoms with Crippen LogP contribution in [0.2, 0.25) is 0 Å². The molecule has 1 fully saturated rings. The van der Waals surface area contributed by atoms with Crippen LogP contribution >= 0.6 is 0 Å². The highest BCUT2D eigenvalue weighted by Gasteiger charge is 2.40. The van der Waals surface area contributed by atoms with Gasteiger partial charge < -0.3 is 4.90 Å². The maximum absolute atomic E-state index is 12.4. The molecule has 116 valence electrons. The number of alkyl halides is 3. The van der Waals surface area contributed by atoms with E-state index in [-0.39, 0.29) is 13.0 Å². The van der Waals surface area contributed by atoms with E-state index in [9.17, 15) is 22.8 Å². The van der Waals surface area contributed by atoms with E-state index < -0.39 is 30.2 Å². The molecule has 3 rings (SSSR count). The largest absolute Gasteiger partial charge is 0.406 e. The van der Waals surface area contributed by atoms with Crippen LogP contribution in [0.1, 0.15) is 12.5 Å². The molecule has 2 heterocycles. The Balaban J connectivity index is 1.94. The maximum atomic E-state index is 12.4. The number of carbonyl (C=O) groups is 1. The average Bonchev–Trinajstić information content (AvgIpc) is 2.79. The molecule has 1 amide bonds. The van der Waals surface area contributed by atoms with Crippen molar-refractivity contribution in [3.8, 4) is 0 Å². The fourth-order valence-corrected chi connectivity index (χ4v) is 2.66. The zero-order chi connectivity index (χ0) is 15.9. The minimum absolute atomic E-state index is 0.0255. The summed E-state index contributed by atoms with van der Waals surface area (Å²) in [5.41, 5.74) is 0.0687. The summed E-state index contributed by atoms with van der Waals surface area (Å²) in [7, 11) is 0. The van der Waals surface area contributed by atoms with Crippen LogP contribution in [0.5, 0.6) is 0 Å². The molecular formula is C14H12F3N3O2. The second kappa shape index (κ2) is 5.11. The van der Waals surface area contributed by atoms with Gasteiger partial charge in [0.25, 0.3) is 5.56 Å². The molecule has 0 bridgehead atoms. The number of rotatable bonds is 2. The number of para-hydroxylation sites is 1. The molecule has 5 nitrogen and oxygen atoms in total. The quantitative estimate of drug-likeness (QED) is 0.849. The van der Waals surface area contributed by atoms with Gasteiger partial charge in [-0.15, -0.1) is 0 Å². The van der Waals surface area contributed by atoms with Gasteiger partial charge >= 0.3 is 6.18 Å². The lowest BCUT2D eigenvalue weighted by atomic mass is 10.2. The van der Waals surface area contributed by atoms with Crippen LogP contribution in [-0.4, -0.2) is 39.6 Å². The molecule has 1 aliphatic heterocycles. The van der Waals surface area contributed by atoms with Gasteiger partial charge in [0, 0.05) is 6.54 Å². The Labute approximate surface area is 123 Å². The van der Waals surface area contributed by atoms with Gasteiger partial charge in [-0.2, -0.15) is 13.2 Å². The van der Waals surface area contributed by atoms with Gasteiger partial charge in [-0.05, 0) is 18.6 Å². The van der Waals surface area contributed by atoms with E-state index in [1.54, 1.807) is 24.3 Å². The topological polar surface area (TPSA) is 55.2 Å². The number of halogens is 3. The number of nitrogens with zero attached hydrogens (tertiary/aromatic N) is 3. The Bertz CT molecular complexity index is 785. The molecule has 0 N–H and O–H groups in total. The van der Waals surface area contributed by atoms with Gasteiger partial charge in [0.1, 0.15) is 12.6 Å². The molecule has 0 spiro atoms. The third-order valence-electron chi connectivity index (χ3n) is 3.67. The SMILES string of the molecule is O=C1[C@@H](n2cnc3ccccc3c2=O)CCN1CC(F)(F)F. The molecule has 22 heavy (non-hydrogen) atoms. The molecule has 0 aliphatic carbocycles. The van der Waals surface area contributed by atoms with Crippen molar-refractivity contribution >= 4 is 16.8 Å². The molecular weight excluding hydrogens is 299 g/mol. The monoisotopic (exact) mass is 311 g/mol. The van der Waals surface area contributed by atoms with Gasteiger partial charge in [0.05, 0.1) is 17.2 Å². The molecule has 0 saturated carbocycles. The van der Waals surface area contributed by atoms with Crippen molar-refractivity contribution < 1.29 is 18.0 Å². The van der Waals surface area contributed by atoms with Crippen molar-refractivity contribution in [3.63, 3.8) is 0 Å². The summed E-state index contributed by atoms with van der Waals surface area (Å²) >= 11 is 0. The number of fused-ring (bicyclic) bond motifs is 1. The number of aromatic nitrogens is 2. The number of carbonyl (C=O) groups excluding carboxylic acids is 1. The summed E-state index contributed by atoms with van der Waals surface area (Å²) in [5, 5.41) is 0.340. The van der Waals surface area contributed by atoms with Crippen LogP contribution in [0.25, 0.3) is 10.9 Å². The number of hydrogen-bond acceptors (Lipinski definition) is 3. The third kappa shape index (κ3) is 2.56. The summed E-state index contributed by atoms with van der Waals surface area (Å²) in [4.78, 5) is 29.3. The molecule has 8 heteroatoms. The van der Waals surface area contributed by atoms with E-state index in [0.29, 0.717) is 10.9 Å². The average molecular weight is 311 g/mol. The number of hydrogen-bond donors (Lipinski definition) is 0. The van der Waals surface area contributed by atoms with Crippen molar-refractivity contribution in [2.45, 2.75) is 18.6 Å². The van der Waals surface area contributed by atoms with Crippen molar-refractivity contribution in [1.29, 1.82) is 0 Å². The minimum atomic E-state index is -4.45. The van der Waals surface area contributed by atoms with Crippen LogP contribution in [0, 0.1) is 0 Å². The molecule has 1 aromatic carbocycles. The molecule has 0 radical (unpaired) electrons. The fraction of sp³-hybridized carbons (Fsp3) is 0.357. The first-order valence-electron chi connectivity index (χ1n) is 6.68. The van der Waals surface area contributed by atoms with Gasteiger partial charge in [-0.1, -0.05) is 12.1 Å². The first kappa shape index (κ1) is 14.6. The second-order valence-corrected chi connectivity index (χ2v) is 5.15. The lowest BCUT2D eigenvalue weighted by Gasteiger charge is -2.19. The highest BCUT2D eigenvalue weighted by atomic mass is 19.4. The minimum Gasteiger partial charge on any atom is -0.332 e. The van der Waals surface area contributed by atoms with E-state index in [1.807, 2.05) is 0 Å². The summed E-state index contributed by atoms with van der Waals surface area (Å²) in [6, 6.07) is 5.71. The number of amides is 1. The highest BCUT2D eigenvalue weighted by Crippen LogP contribution is 2.26. The van der Waals surface area contributed by atoms with Crippen molar-refractivity contribution in [3.05, 3.63) is 40.9 Å². The molecule has 0 unspecified atom stereocenters. The van der Waals surface area contributed by atoms with Crippen LogP contribution in [0.4, 0.5) is 13.2 Å². The number of likely N-dealkylation sites (tertiary alicyclic amines) is 1. The van der Waals surface area contributed by atoms with Gasteiger partial charge in [-0.25, -0.2) is 4.98 Å². The predicted octanol–water partition coefficient (Wildman–Crippen LogP) is 1.73. The molecule has 1 atom stereocenters.